The molecule has 0 bridgehead atoms. The Balaban J connectivity index is 1.40. The van der Waals surface area contributed by atoms with Crippen molar-refractivity contribution in [2.24, 2.45) is 0 Å². The third-order valence-electron chi connectivity index (χ3n) is 5.86. The largest absolute Gasteiger partial charge is 0.256 e. The molecule has 1 aliphatic carbocycles. The van der Waals surface area contributed by atoms with Crippen LogP contribution in [-0.2, 0) is 12.8 Å². The molecule has 0 spiro atoms. The molecular weight excluding hydrogens is 354 g/mol. The van der Waals surface area contributed by atoms with Gasteiger partial charge in [0.25, 0.3) is 0 Å². The molecule has 0 amide bonds. The van der Waals surface area contributed by atoms with Crippen molar-refractivity contribution in [2.45, 2.75) is 19.3 Å². The summed E-state index contributed by atoms with van der Waals surface area (Å²) >= 11 is 0. The van der Waals surface area contributed by atoms with Gasteiger partial charge < -0.3 is 0 Å². The van der Waals surface area contributed by atoms with Crippen LogP contribution in [0.25, 0.3) is 44.3 Å². The normalized spacial score (nSPS) is 13.1. The number of hydrogen-bond acceptors (Lipinski definition) is 3. The Kier molecular flexibility index (Phi) is 3.66. The number of fused-ring (bicyclic) bond motifs is 3. The van der Waals surface area contributed by atoms with Gasteiger partial charge in [-0.05, 0) is 60.0 Å². The van der Waals surface area contributed by atoms with Crippen LogP contribution in [0.1, 0.15) is 17.5 Å². The van der Waals surface area contributed by atoms with Crippen molar-refractivity contribution < 1.29 is 0 Å². The van der Waals surface area contributed by atoms with E-state index in [1.54, 1.807) is 0 Å². The van der Waals surface area contributed by atoms with Crippen LogP contribution in [0.4, 0.5) is 0 Å². The van der Waals surface area contributed by atoms with Gasteiger partial charge in [0.2, 0.25) is 0 Å². The monoisotopic (exact) mass is 373 g/mol. The number of aromatic nitrogens is 3. The van der Waals surface area contributed by atoms with Crippen molar-refractivity contribution in [3.63, 3.8) is 0 Å². The van der Waals surface area contributed by atoms with E-state index in [-0.39, 0.29) is 0 Å². The molecule has 0 fully saturated rings. The lowest BCUT2D eigenvalue weighted by Gasteiger charge is -2.07. The summed E-state index contributed by atoms with van der Waals surface area (Å²) in [6.07, 6.45) is 7.47. The molecule has 2 heterocycles. The fraction of sp³-hybridized carbons (Fsp3) is 0.115. The predicted octanol–water partition coefficient (Wildman–Crippen LogP) is 6.00. The quantitative estimate of drug-likeness (QED) is 0.381. The number of hydrogen-bond donors (Lipinski definition) is 0. The van der Waals surface area contributed by atoms with Gasteiger partial charge in [-0.2, -0.15) is 0 Å². The summed E-state index contributed by atoms with van der Waals surface area (Å²) in [6, 6.07) is 23.4. The van der Waals surface area contributed by atoms with Gasteiger partial charge in [-0.3, -0.25) is 4.98 Å². The molecule has 2 aromatic heterocycles. The second-order valence-electron chi connectivity index (χ2n) is 7.72. The molecule has 3 aromatic carbocycles. The molecule has 0 N–H and O–H groups in total. The first-order valence-electron chi connectivity index (χ1n) is 10.1. The van der Waals surface area contributed by atoms with Gasteiger partial charge in [0, 0.05) is 34.3 Å². The molecule has 0 saturated heterocycles. The van der Waals surface area contributed by atoms with Crippen molar-refractivity contribution in [1.29, 1.82) is 0 Å². The fourth-order valence-corrected chi connectivity index (χ4v) is 4.28. The van der Waals surface area contributed by atoms with Crippen molar-refractivity contribution in [1.82, 2.24) is 15.0 Å². The Morgan fingerprint density at radius 2 is 1.45 bits per heavy atom. The smallest absolute Gasteiger partial charge is 0.159 e. The zero-order valence-corrected chi connectivity index (χ0v) is 16.0. The lowest BCUT2D eigenvalue weighted by Crippen LogP contribution is -1.92. The molecular formula is C26H19N3. The molecule has 3 heteroatoms. The average molecular weight is 373 g/mol. The molecule has 0 unspecified atom stereocenters. The second kappa shape index (κ2) is 6.49. The summed E-state index contributed by atoms with van der Waals surface area (Å²) in [4.78, 5) is 14.1. The van der Waals surface area contributed by atoms with Crippen LogP contribution >= 0.6 is 0 Å². The first-order valence-corrected chi connectivity index (χ1v) is 10.1. The Morgan fingerprint density at radius 3 is 2.41 bits per heavy atom. The van der Waals surface area contributed by atoms with Crippen LogP contribution in [0, 0.1) is 0 Å². The van der Waals surface area contributed by atoms with Crippen molar-refractivity contribution in [3.8, 4) is 22.6 Å². The van der Waals surface area contributed by atoms with E-state index in [4.69, 9.17) is 4.98 Å². The molecule has 0 atom stereocenters. The molecule has 29 heavy (non-hydrogen) atoms. The maximum absolute atomic E-state index is 4.82. The maximum atomic E-state index is 4.82. The van der Waals surface area contributed by atoms with Gasteiger partial charge in [-0.15, -0.1) is 0 Å². The Hall–Kier alpha value is -3.59. The molecule has 0 radical (unpaired) electrons. The lowest BCUT2D eigenvalue weighted by atomic mass is 10.0. The molecule has 6 rings (SSSR count). The summed E-state index contributed by atoms with van der Waals surface area (Å²) in [7, 11) is 0. The summed E-state index contributed by atoms with van der Waals surface area (Å²) < 4.78 is 0. The van der Waals surface area contributed by atoms with Gasteiger partial charge in [-0.1, -0.05) is 42.5 Å². The molecule has 0 saturated carbocycles. The van der Waals surface area contributed by atoms with Crippen LogP contribution < -0.4 is 0 Å². The minimum absolute atomic E-state index is 0.795. The van der Waals surface area contributed by atoms with Gasteiger partial charge in [0.05, 0.1) is 11.2 Å². The van der Waals surface area contributed by atoms with Gasteiger partial charge in [-0.25, -0.2) is 9.97 Å². The number of nitrogens with zero attached hydrogens (tertiary/aromatic N) is 3. The number of pyridine rings is 1. The minimum Gasteiger partial charge on any atom is -0.256 e. The van der Waals surface area contributed by atoms with E-state index >= 15 is 0 Å². The number of aryl methyl sites for hydroxylation is 2. The van der Waals surface area contributed by atoms with E-state index in [0.29, 0.717) is 0 Å². The predicted molar refractivity (Wildman–Crippen MR) is 118 cm³/mol. The maximum Gasteiger partial charge on any atom is 0.159 e. The summed E-state index contributed by atoms with van der Waals surface area (Å²) in [5, 5.41) is 3.38. The van der Waals surface area contributed by atoms with Crippen molar-refractivity contribution in [2.75, 3.05) is 0 Å². The van der Waals surface area contributed by atoms with E-state index < -0.39 is 0 Å². The van der Waals surface area contributed by atoms with E-state index in [2.05, 4.69) is 70.6 Å². The zero-order valence-electron chi connectivity index (χ0n) is 16.0. The standard InChI is InChI=1S/C26H19N3/c1-2-5-22-15-27-25(14-19(22)4-1)20-10-11-24-23(13-20)16-28-26(29-24)21-9-8-17-6-3-7-18(17)12-21/h1-2,4-5,8-16H,3,6-7H2. The van der Waals surface area contributed by atoms with Gasteiger partial charge in [0.15, 0.2) is 5.82 Å². The highest BCUT2D eigenvalue weighted by Gasteiger charge is 2.13. The molecule has 5 aromatic rings. The van der Waals surface area contributed by atoms with Gasteiger partial charge >= 0.3 is 0 Å². The highest BCUT2D eigenvalue weighted by atomic mass is 14.9. The fourth-order valence-electron chi connectivity index (χ4n) is 4.28. The Bertz CT molecular complexity index is 1390. The topological polar surface area (TPSA) is 38.7 Å². The summed E-state index contributed by atoms with van der Waals surface area (Å²) in [5.41, 5.74) is 7.03. The van der Waals surface area contributed by atoms with E-state index in [0.717, 1.165) is 38.9 Å². The third-order valence-corrected chi connectivity index (χ3v) is 5.86. The number of benzene rings is 3. The van der Waals surface area contributed by atoms with Crippen LogP contribution in [0.5, 0.6) is 0 Å². The molecule has 1 aliphatic rings. The Labute approximate surface area is 169 Å². The van der Waals surface area contributed by atoms with Crippen LogP contribution in [0.2, 0.25) is 0 Å². The van der Waals surface area contributed by atoms with E-state index in [9.17, 15) is 0 Å². The van der Waals surface area contributed by atoms with Crippen LogP contribution in [0.3, 0.4) is 0 Å². The first-order chi connectivity index (χ1) is 14.3. The molecule has 138 valence electrons. The molecule has 3 nitrogen and oxygen atoms in total. The SMILES string of the molecule is c1ccc2cc(-c3ccc4nc(-c5ccc6c(c5)CCC6)ncc4c3)ncc2c1. The third kappa shape index (κ3) is 2.87. The van der Waals surface area contributed by atoms with Crippen molar-refractivity contribution in [3.05, 3.63) is 90.3 Å². The van der Waals surface area contributed by atoms with E-state index in [1.165, 1.54) is 35.8 Å². The van der Waals surface area contributed by atoms with Gasteiger partial charge in [0.1, 0.15) is 0 Å². The lowest BCUT2D eigenvalue weighted by molar-refractivity contribution is 0.912. The highest BCUT2D eigenvalue weighted by molar-refractivity contribution is 5.88. The highest BCUT2D eigenvalue weighted by Crippen LogP contribution is 2.29. The minimum atomic E-state index is 0.795. The van der Waals surface area contributed by atoms with Crippen LogP contribution in [0.15, 0.2) is 79.1 Å². The molecule has 0 aliphatic heterocycles. The Morgan fingerprint density at radius 1 is 0.621 bits per heavy atom. The average Bonchev–Trinajstić information content (AvgIpc) is 3.26. The number of rotatable bonds is 2. The summed E-state index contributed by atoms with van der Waals surface area (Å²) in [6.45, 7) is 0. The van der Waals surface area contributed by atoms with Crippen molar-refractivity contribution >= 4 is 21.7 Å². The second-order valence-corrected chi connectivity index (χ2v) is 7.72. The zero-order chi connectivity index (χ0) is 19.2. The van der Waals surface area contributed by atoms with Crippen LogP contribution in [-0.4, -0.2) is 15.0 Å². The first kappa shape index (κ1) is 16.4. The van der Waals surface area contributed by atoms with E-state index in [1.807, 2.05) is 18.5 Å². The summed E-state index contributed by atoms with van der Waals surface area (Å²) in [5.74, 6) is 0.795.